The van der Waals surface area contributed by atoms with Crippen LogP contribution in [-0.4, -0.2) is 9.97 Å². The Labute approximate surface area is 108 Å². The maximum absolute atomic E-state index is 5.91. The number of benzene rings is 1. The number of aromatic nitrogens is 2. The molecule has 0 saturated heterocycles. The van der Waals surface area contributed by atoms with Crippen LogP contribution in [0.25, 0.3) is 0 Å². The van der Waals surface area contributed by atoms with Gasteiger partial charge >= 0.3 is 0 Å². The lowest BCUT2D eigenvalue weighted by Crippen LogP contribution is -1.96. The van der Waals surface area contributed by atoms with E-state index in [0.717, 1.165) is 10.3 Å². The van der Waals surface area contributed by atoms with Gasteiger partial charge in [-0.05, 0) is 28.4 Å². The summed E-state index contributed by atoms with van der Waals surface area (Å²) >= 11 is 9.17. The molecule has 0 aliphatic carbocycles. The van der Waals surface area contributed by atoms with E-state index in [4.69, 9.17) is 11.6 Å². The summed E-state index contributed by atoms with van der Waals surface area (Å²) in [5.74, 6) is 0.733. The average Bonchev–Trinajstić information content (AvgIpc) is 2.27. The van der Waals surface area contributed by atoms with Gasteiger partial charge in [0.25, 0.3) is 0 Å². The molecular weight excluding hydrogens is 288 g/mol. The molecule has 1 heterocycles. The van der Waals surface area contributed by atoms with Gasteiger partial charge in [-0.15, -0.1) is 0 Å². The van der Waals surface area contributed by atoms with Crippen LogP contribution in [0.5, 0.6) is 0 Å². The second-order valence-electron chi connectivity index (χ2n) is 3.59. The van der Waals surface area contributed by atoms with E-state index in [0.29, 0.717) is 11.6 Å². The molecule has 0 aliphatic heterocycles. The van der Waals surface area contributed by atoms with Crippen LogP contribution in [0.2, 0.25) is 5.15 Å². The lowest BCUT2D eigenvalue weighted by Gasteiger charge is -2.02. The van der Waals surface area contributed by atoms with E-state index in [1.165, 1.54) is 11.1 Å². The minimum absolute atomic E-state index is 0.456. The third kappa shape index (κ3) is 2.80. The Bertz CT molecular complexity index is 497. The Morgan fingerprint density at radius 3 is 2.56 bits per heavy atom. The monoisotopic (exact) mass is 296 g/mol. The Hall–Kier alpha value is -0.930. The molecule has 1 aromatic heterocycles. The first-order valence-electron chi connectivity index (χ1n) is 4.87. The van der Waals surface area contributed by atoms with E-state index < -0.39 is 0 Å². The predicted molar refractivity (Wildman–Crippen MR) is 68.7 cm³/mol. The summed E-state index contributed by atoms with van der Waals surface area (Å²) in [6, 6.07) is 8.31. The molecule has 0 bridgehead atoms. The second kappa shape index (κ2) is 4.93. The molecule has 0 unspecified atom stereocenters. The smallest absolute Gasteiger partial charge is 0.146 e. The summed E-state index contributed by atoms with van der Waals surface area (Å²) < 4.78 is 0.724. The quantitative estimate of drug-likeness (QED) is 0.788. The van der Waals surface area contributed by atoms with Gasteiger partial charge < -0.3 is 0 Å². The fourth-order valence-electron chi connectivity index (χ4n) is 1.35. The lowest BCUT2D eigenvalue weighted by atomic mass is 10.1. The van der Waals surface area contributed by atoms with Crippen LogP contribution < -0.4 is 0 Å². The molecule has 0 N–H and O–H groups in total. The molecule has 0 spiro atoms. The third-order valence-electron chi connectivity index (χ3n) is 2.23. The van der Waals surface area contributed by atoms with Crippen molar-refractivity contribution in [2.75, 3.05) is 0 Å². The number of nitrogens with zero attached hydrogens (tertiary/aromatic N) is 2. The number of halogens is 2. The largest absolute Gasteiger partial charge is 0.240 e. The molecule has 16 heavy (non-hydrogen) atoms. The van der Waals surface area contributed by atoms with Crippen molar-refractivity contribution in [2.24, 2.45) is 0 Å². The summed E-state index contributed by atoms with van der Waals surface area (Å²) in [6.07, 6.45) is 2.38. The van der Waals surface area contributed by atoms with Gasteiger partial charge in [0.1, 0.15) is 11.0 Å². The highest BCUT2D eigenvalue weighted by Crippen LogP contribution is 2.19. The van der Waals surface area contributed by atoms with Crippen molar-refractivity contribution >= 4 is 27.5 Å². The van der Waals surface area contributed by atoms with Crippen LogP contribution >= 0.6 is 27.5 Å². The zero-order chi connectivity index (χ0) is 11.5. The molecule has 0 radical (unpaired) electrons. The van der Waals surface area contributed by atoms with Crippen molar-refractivity contribution < 1.29 is 0 Å². The number of aryl methyl sites for hydroxylation is 1. The van der Waals surface area contributed by atoms with Gasteiger partial charge in [-0.3, -0.25) is 0 Å². The van der Waals surface area contributed by atoms with Gasteiger partial charge in [0.2, 0.25) is 0 Å². The molecule has 0 amide bonds. The van der Waals surface area contributed by atoms with Crippen LogP contribution in [0, 0.1) is 6.92 Å². The average molecular weight is 298 g/mol. The lowest BCUT2D eigenvalue weighted by molar-refractivity contribution is 0.961. The van der Waals surface area contributed by atoms with Gasteiger partial charge in [-0.25, -0.2) is 9.97 Å². The van der Waals surface area contributed by atoms with E-state index in [2.05, 4.69) is 57.1 Å². The first-order valence-corrected chi connectivity index (χ1v) is 6.05. The molecule has 4 heteroatoms. The molecule has 0 fully saturated rings. The molecule has 1 aromatic carbocycles. The van der Waals surface area contributed by atoms with E-state index in [1.54, 1.807) is 6.20 Å². The first-order chi connectivity index (χ1) is 7.65. The van der Waals surface area contributed by atoms with Gasteiger partial charge in [0.15, 0.2) is 0 Å². The minimum Gasteiger partial charge on any atom is -0.240 e. The third-order valence-corrected chi connectivity index (χ3v) is 3.33. The molecule has 2 nitrogen and oxygen atoms in total. The van der Waals surface area contributed by atoms with Crippen molar-refractivity contribution in [3.8, 4) is 0 Å². The highest BCUT2D eigenvalue weighted by Gasteiger charge is 2.03. The van der Waals surface area contributed by atoms with Gasteiger partial charge in [-0.2, -0.15) is 0 Å². The van der Waals surface area contributed by atoms with Crippen molar-refractivity contribution in [3.63, 3.8) is 0 Å². The maximum atomic E-state index is 5.91. The first kappa shape index (κ1) is 11.6. The summed E-state index contributed by atoms with van der Waals surface area (Å²) in [7, 11) is 0. The van der Waals surface area contributed by atoms with Crippen molar-refractivity contribution in [1.82, 2.24) is 9.97 Å². The number of hydrogen-bond donors (Lipinski definition) is 0. The Morgan fingerprint density at radius 1 is 1.25 bits per heavy atom. The standard InChI is InChI=1S/C12H10BrClN2/c1-8-2-4-9(5-3-8)6-11-15-7-10(13)12(14)16-11/h2-5,7H,6H2,1H3. The van der Waals surface area contributed by atoms with E-state index in [1.807, 2.05) is 0 Å². The summed E-state index contributed by atoms with van der Waals surface area (Å²) in [6.45, 7) is 2.07. The molecule has 2 rings (SSSR count). The van der Waals surface area contributed by atoms with Crippen LogP contribution in [0.3, 0.4) is 0 Å². The maximum Gasteiger partial charge on any atom is 0.146 e. The van der Waals surface area contributed by atoms with Gasteiger partial charge in [0.05, 0.1) is 4.47 Å². The molecule has 0 atom stereocenters. The van der Waals surface area contributed by atoms with E-state index in [9.17, 15) is 0 Å². The number of hydrogen-bond acceptors (Lipinski definition) is 2. The summed E-state index contributed by atoms with van der Waals surface area (Å²) in [5.41, 5.74) is 2.43. The van der Waals surface area contributed by atoms with Crippen molar-refractivity contribution in [1.29, 1.82) is 0 Å². The fourth-order valence-corrected chi connectivity index (χ4v) is 1.69. The molecule has 2 aromatic rings. The SMILES string of the molecule is Cc1ccc(Cc2ncc(Br)c(Cl)n2)cc1. The van der Waals surface area contributed by atoms with Crippen molar-refractivity contribution in [3.05, 3.63) is 57.0 Å². The summed E-state index contributed by atoms with van der Waals surface area (Å²) in [4.78, 5) is 8.41. The Balaban J connectivity index is 2.20. The van der Waals surface area contributed by atoms with Crippen LogP contribution in [0.1, 0.15) is 17.0 Å². The number of rotatable bonds is 2. The highest BCUT2D eigenvalue weighted by atomic mass is 79.9. The minimum atomic E-state index is 0.456. The second-order valence-corrected chi connectivity index (χ2v) is 4.80. The van der Waals surface area contributed by atoms with Crippen LogP contribution in [0.4, 0.5) is 0 Å². The van der Waals surface area contributed by atoms with E-state index >= 15 is 0 Å². The Morgan fingerprint density at radius 2 is 1.94 bits per heavy atom. The summed E-state index contributed by atoms with van der Waals surface area (Å²) in [5, 5.41) is 0.456. The fraction of sp³-hybridized carbons (Fsp3) is 0.167. The van der Waals surface area contributed by atoms with E-state index in [-0.39, 0.29) is 0 Å². The molecule has 82 valence electrons. The Kier molecular flexibility index (Phi) is 3.56. The normalized spacial score (nSPS) is 10.4. The molecule has 0 saturated carbocycles. The molecular formula is C12H10BrClN2. The highest BCUT2D eigenvalue weighted by molar-refractivity contribution is 9.10. The van der Waals surface area contributed by atoms with Crippen molar-refractivity contribution in [2.45, 2.75) is 13.3 Å². The van der Waals surface area contributed by atoms with Crippen LogP contribution in [-0.2, 0) is 6.42 Å². The topological polar surface area (TPSA) is 25.8 Å². The zero-order valence-corrected chi connectivity index (χ0v) is 11.1. The predicted octanol–water partition coefficient (Wildman–Crippen LogP) is 3.79. The zero-order valence-electron chi connectivity index (χ0n) is 8.74. The van der Waals surface area contributed by atoms with Gasteiger partial charge in [-0.1, -0.05) is 41.4 Å². The van der Waals surface area contributed by atoms with Gasteiger partial charge in [0, 0.05) is 12.6 Å². The molecule has 0 aliphatic rings. The van der Waals surface area contributed by atoms with Crippen LogP contribution in [0.15, 0.2) is 34.9 Å².